The number of ketones is 2. The quantitative estimate of drug-likeness (QED) is 0.0474. The molecule has 0 aromatic heterocycles. The Morgan fingerprint density at radius 2 is 1.72 bits per heavy atom. The van der Waals surface area contributed by atoms with E-state index in [-0.39, 0.29) is 42.6 Å². The monoisotopic (exact) mass is 758 g/mol. The molecule has 0 heterocycles. The molecule has 5 rings (SSSR count). The molecule has 12 nitrogen and oxygen atoms in total. The Labute approximate surface area is 314 Å². The molecule has 3 saturated carbocycles. The fraction of sp³-hybridized carbons (Fsp3) is 0.625. The number of rotatable bonds is 13. The van der Waals surface area contributed by atoms with Crippen molar-refractivity contribution in [3.63, 3.8) is 0 Å². The summed E-state index contributed by atoms with van der Waals surface area (Å²) in [5, 5.41) is 32.7. The molecule has 4 aliphatic rings. The number of hydrogen-bond donors (Lipinski definition) is 3. The Kier molecular flexibility index (Phi) is 11.7. The highest BCUT2D eigenvalue weighted by Crippen LogP contribution is 2.72. The molecule has 0 bridgehead atoms. The van der Waals surface area contributed by atoms with Crippen LogP contribution in [0.4, 0.5) is 4.79 Å². The smallest absolute Gasteiger partial charge is 0.504 e. The van der Waals surface area contributed by atoms with Crippen molar-refractivity contribution in [3.05, 3.63) is 41.5 Å². The summed E-state index contributed by atoms with van der Waals surface area (Å²) in [5.74, 6) is -5.65. The van der Waals surface area contributed by atoms with Gasteiger partial charge in [0.15, 0.2) is 29.5 Å². The lowest BCUT2D eigenvalue weighted by molar-refractivity contribution is -0.203. The van der Waals surface area contributed by atoms with Crippen molar-refractivity contribution in [2.75, 3.05) is 13.2 Å². The summed E-state index contributed by atoms with van der Waals surface area (Å²) in [5.41, 5.74) is -3.13. The maximum atomic E-state index is 14.6. The van der Waals surface area contributed by atoms with Crippen LogP contribution in [0.3, 0.4) is 0 Å². The first-order valence-corrected chi connectivity index (χ1v) is 19.0. The maximum absolute atomic E-state index is 14.6. The number of allylic oxidation sites excluding steroid dienone is 4. The van der Waals surface area contributed by atoms with E-state index in [9.17, 15) is 39.3 Å². The summed E-state index contributed by atoms with van der Waals surface area (Å²) in [6.07, 6.45) is 7.43. The Hall–Kier alpha value is -3.90. The molecule has 0 amide bonds. The van der Waals surface area contributed by atoms with Crippen LogP contribution in [0.5, 0.6) is 17.2 Å². The van der Waals surface area contributed by atoms with Crippen LogP contribution in [0, 0.1) is 28.6 Å². The first kappa shape index (κ1) is 40.3. The van der Waals surface area contributed by atoms with Crippen molar-refractivity contribution < 1.29 is 58.2 Å². The topological polar surface area (TPSA) is 183 Å². The molecule has 8 atom stereocenters. The number of esters is 2. The molecule has 4 aliphatic carbocycles. The molecular weight excluding hydrogens is 708 g/mol. The van der Waals surface area contributed by atoms with Gasteiger partial charge in [-0.3, -0.25) is 14.4 Å². The van der Waals surface area contributed by atoms with Crippen LogP contribution in [0.1, 0.15) is 109 Å². The maximum Gasteiger partial charge on any atom is 0.514 e. The number of Topliss-reactive ketones (excluding diaryl/α,β-unsaturated/α-hetero) is 1. The van der Waals surface area contributed by atoms with E-state index in [2.05, 4.69) is 0 Å². The van der Waals surface area contributed by atoms with Gasteiger partial charge in [-0.05, 0) is 74.6 Å². The van der Waals surface area contributed by atoms with Crippen LogP contribution in [-0.4, -0.2) is 74.8 Å². The van der Waals surface area contributed by atoms with Crippen LogP contribution in [0.25, 0.3) is 0 Å². The van der Waals surface area contributed by atoms with Crippen molar-refractivity contribution in [3.8, 4) is 17.2 Å². The van der Waals surface area contributed by atoms with Gasteiger partial charge in [-0.2, -0.15) is 0 Å². The number of aliphatic hydroxyl groups is 1. The molecule has 290 valence electrons. The van der Waals surface area contributed by atoms with Crippen molar-refractivity contribution in [1.29, 1.82) is 0 Å². The van der Waals surface area contributed by atoms with Gasteiger partial charge in [0, 0.05) is 23.2 Å². The van der Waals surface area contributed by atoms with Gasteiger partial charge in [-0.15, -0.1) is 11.6 Å². The molecule has 53 heavy (non-hydrogen) atoms. The number of phenolic OH excluding ortho intramolecular Hbond substituents is 2. The lowest BCUT2D eigenvalue weighted by Crippen LogP contribution is -2.69. The van der Waals surface area contributed by atoms with Crippen LogP contribution < -0.4 is 4.74 Å². The second-order valence-corrected chi connectivity index (χ2v) is 16.1. The lowest BCUT2D eigenvalue weighted by atomic mass is 9.45. The minimum absolute atomic E-state index is 0.0155. The van der Waals surface area contributed by atoms with Crippen LogP contribution >= 0.6 is 11.6 Å². The van der Waals surface area contributed by atoms with Gasteiger partial charge in [0.05, 0.1) is 23.1 Å². The molecular formula is C40H51ClO12. The number of aliphatic hydroxyl groups excluding tert-OH is 1. The number of phenols is 2. The second-order valence-electron chi connectivity index (χ2n) is 15.5. The Balaban J connectivity index is 1.41. The molecule has 3 fully saturated rings. The Morgan fingerprint density at radius 1 is 1.00 bits per heavy atom. The zero-order valence-electron chi connectivity index (χ0n) is 31.1. The number of benzene rings is 1. The number of halogens is 1. The largest absolute Gasteiger partial charge is 0.514 e. The van der Waals surface area contributed by atoms with Crippen LogP contribution in [0.15, 0.2) is 35.9 Å². The highest BCUT2D eigenvalue weighted by molar-refractivity contribution is 6.26. The third-order valence-electron chi connectivity index (χ3n) is 12.4. The number of carbonyl (C=O) groups is 5. The normalized spacial score (nSPS) is 32.8. The molecule has 0 spiro atoms. The van der Waals surface area contributed by atoms with Crippen molar-refractivity contribution in [2.24, 2.45) is 28.6 Å². The van der Waals surface area contributed by atoms with E-state index in [1.165, 1.54) is 6.08 Å². The number of fused-ring (bicyclic) bond motifs is 5. The Morgan fingerprint density at radius 3 is 2.42 bits per heavy atom. The van der Waals surface area contributed by atoms with Gasteiger partial charge in [-0.25, -0.2) is 9.59 Å². The molecule has 8 unspecified atom stereocenters. The molecule has 13 heteroatoms. The SMILES string of the molecule is CCCCCOC(=O)c1cc(O)c(O)c(OC(=O)OCC(=O)C2(OC(=O)CCCC)C(C)CC3C4CCC5=CC(=O)C=CC5(C)C4(Cl)C(O)CC32C)c1. The van der Waals surface area contributed by atoms with E-state index in [4.69, 9.17) is 30.5 Å². The number of ether oxygens (including phenoxy) is 4. The standard InChI is InChI=1S/C40H51ClO12/c1-6-8-10-16-50-35(48)24-18-29(43)34(47)30(19-24)52-36(49)51-22-32(45)40(53-33(46)11-9-7-2)23(3)17-28-27-13-12-25-20-26(42)14-15-37(25,4)39(27,41)31(44)21-38(28,40)5/h14-15,18-20,23,27-28,31,43-44,47H,6-13,16-17,21-22H2,1-5H3. The zero-order chi connectivity index (χ0) is 38.9. The average Bonchev–Trinajstić information content (AvgIpc) is 3.32. The van der Waals surface area contributed by atoms with E-state index in [1.807, 2.05) is 27.7 Å². The van der Waals surface area contributed by atoms with Gasteiger partial charge in [-0.1, -0.05) is 65.5 Å². The molecule has 1 aromatic rings. The van der Waals surface area contributed by atoms with E-state index < -0.39 is 81.1 Å². The number of unbranched alkanes of at least 4 members (excludes halogenated alkanes) is 3. The molecule has 3 N–H and O–H groups in total. The highest BCUT2D eigenvalue weighted by atomic mass is 35.5. The number of aromatic hydroxyl groups is 2. The van der Waals surface area contributed by atoms with E-state index in [0.717, 1.165) is 30.5 Å². The summed E-state index contributed by atoms with van der Waals surface area (Å²) < 4.78 is 21.9. The second kappa shape index (κ2) is 15.5. The van der Waals surface area contributed by atoms with Gasteiger partial charge in [0.25, 0.3) is 0 Å². The molecule has 0 saturated heterocycles. The summed E-state index contributed by atoms with van der Waals surface area (Å²) in [6.45, 7) is 8.72. The predicted octanol–water partition coefficient (Wildman–Crippen LogP) is 6.89. The predicted molar refractivity (Wildman–Crippen MR) is 193 cm³/mol. The first-order chi connectivity index (χ1) is 25.0. The Bertz CT molecular complexity index is 1700. The lowest BCUT2D eigenvalue weighted by Gasteiger charge is -2.64. The van der Waals surface area contributed by atoms with Gasteiger partial charge >= 0.3 is 18.1 Å². The minimum atomic E-state index is -1.82. The molecule has 0 radical (unpaired) electrons. The number of carbonyl (C=O) groups excluding carboxylic acids is 5. The molecule has 0 aliphatic heterocycles. The van der Waals surface area contributed by atoms with Gasteiger partial charge < -0.3 is 34.3 Å². The molecule has 1 aromatic carbocycles. The first-order valence-electron chi connectivity index (χ1n) is 18.6. The zero-order valence-corrected chi connectivity index (χ0v) is 31.8. The average molecular weight is 759 g/mol. The van der Waals surface area contributed by atoms with Gasteiger partial charge in [0.1, 0.15) is 0 Å². The summed E-state index contributed by atoms with van der Waals surface area (Å²) in [4.78, 5) is 64.6. The minimum Gasteiger partial charge on any atom is -0.504 e. The third kappa shape index (κ3) is 6.86. The third-order valence-corrected chi connectivity index (χ3v) is 13.3. The van der Waals surface area contributed by atoms with Crippen LogP contribution in [-0.2, 0) is 28.6 Å². The fourth-order valence-corrected chi connectivity index (χ4v) is 10.2. The van der Waals surface area contributed by atoms with Crippen molar-refractivity contribution in [2.45, 2.75) is 115 Å². The van der Waals surface area contributed by atoms with E-state index in [1.54, 1.807) is 19.1 Å². The van der Waals surface area contributed by atoms with Gasteiger partial charge in [0.2, 0.25) is 11.5 Å². The summed E-state index contributed by atoms with van der Waals surface area (Å²) in [7, 11) is 0. The summed E-state index contributed by atoms with van der Waals surface area (Å²) in [6, 6.07) is 1.98. The number of hydrogen-bond acceptors (Lipinski definition) is 12. The summed E-state index contributed by atoms with van der Waals surface area (Å²) >= 11 is 7.59. The van der Waals surface area contributed by atoms with E-state index >= 15 is 0 Å². The van der Waals surface area contributed by atoms with Crippen molar-refractivity contribution in [1.82, 2.24) is 0 Å². The van der Waals surface area contributed by atoms with Crippen molar-refractivity contribution >= 4 is 41.3 Å². The highest BCUT2D eigenvalue weighted by Gasteiger charge is 2.76. The number of alkyl halides is 1. The van der Waals surface area contributed by atoms with E-state index in [0.29, 0.717) is 38.5 Å². The van der Waals surface area contributed by atoms with Crippen LogP contribution in [0.2, 0.25) is 0 Å². The fourth-order valence-electron chi connectivity index (χ4n) is 9.69.